The molecule has 1 aromatic carbocycles. The zero-order valence-electron chi connectivity index (χ0n) is 9.16. The van der Waals surface area contributed by atoms with Crippen LogP contribution in [-0.4, -0.2) is 11.5 Å². The number of hydrogen-bond acceptors (Lipinski definition) is 3. The first-order valence-corrected chi connectivity index (χ1v) is 5.89. The van der Waals surface area contributed by atoms with Crippen molar-refractivity contribution in [2.75, 3.05) is 11.9 Å². The van der Waals surface area contributed by atoms with Crippen LogP contribution in [0.15, 0.2) is 29.8 Å². The second kappa shape index (κ2) is 5.83. The number of benzene rings is 1. The largest absolute Gasteiger partial charge is 0.382 e. The number of nitro groups is 1. The highest BCUT2D eigenvalue weighted by molar-refractivity contribution is 14.1. The van der Waals surface area contributed by atoms with Gasteiger partial charge in [0.15, 0.2) is 0 Å². The van der Waals surface area contributed by atoms with Crippen LogP contribution in [0.4, 0.5) is 11.4 Å². The minimum absolute atomic E-state index is 0.147. The lowest BCUT2D eigenvalue weighted by Crippen LogP contribution is -2.00. The van der Waals surface area contributed by atoms with Gasteiger partial charge in [0.1, 0.15) is 0 Å². The van der Waals surface area contributed by atoms with Gasteiger partial charge < -0.3 is 5.32 Å². The summed E-state index contributed by atoms with van der Waals surface area (Å²) in [6, 6.07) is 5.02. The number of anilines is 1. The van der Waals surface area contributed by atoms with Gasteiger partial charge in [-0.15, -0.1) is 0 Å². The van der Waals surface area contributed by atoms with Crippen LogP contribution in [0, 0.1) is 13.7 Å². The van der Waals surface area contributed by atoms with Gasteiger partial charge in [-0.25, -0.2) is 0 Å². The maximum Gasteiger partial charge on any atom is 0.282 e. The fourth-order valence-electron chi connectivity index (χ4n) is 1.14. The van der Waals surface area contributed by atoms with Crippen molar-refractivity contribution in [3.63, 3.8) is 0 Å². The van der Waals surface area contributed by atoms with Gasteiger partial charge in [-0.3, -0.25) is 10.1 Å². The molecule has 0 radical (unpaired) electrons. The lowest BCUT2D eigenvalue weighted by atomic mass is 10.2. The van der Waals surface area contributed by atoms with Gasteiger partial charge >= 0.3 is 0 Å². The second-order valence-corrected chi connectivity index (χ2v) is 4.75. The Kier molecular flexibility index (Phi) is 4.72. The third-order valence-corrected chi connectivity index (χ3v) is 2.82. The molecule has 86 valence electrons. The van der Waals surface area contributed by atoms with Crippen LogP contribution in [-0.2, 0) is 0 Å². The molecule has 0 unspecified atom stereocenters. The number of hydrogen-bond donors (Lipinski definition) is 1. The lowest BCUT2D eigenvalue weighted by molar-refractivity contribution is -0.385. The number of nitro benzene ring substituents is 1. The zero-order valence-corrected chi connectivity index (χ0v) is 11.3. The SMILES string of the molecule is CC(C)=CCNc1ccc([N+](=O)[O-])c(I)c1. The number of rotatable bonds is 4. The average molecular weight is 332 g/mol. The van der Waals surface area contributed by atoms with Crippen molar-refractivity contribution in [1.29, 1.82) is 0 Å². The Hall–Kier alpha value is -1.11. The Morgan fingerprint density at radius 1 is 1.56 bits per heavy atom. The number of halogens is 1. The number of nitrogens with zero attached hydrogens (tertiary/aromatic N) is 1. The topological polar surface area (TPSA) is 55.2 Å². The van der Waals surface area contributed by atoms with Gasteiger partial charge in [0, 0.05) is 18.3 Å². The molecule has 0 bridgehead atoms. The van der Waals surface area contributed by atoms with E-state index < -0.39 is 0 Å². The smallest absolute Gasteiger partial charge is 0.282 e. The first-order chi connectivity index (χ1) is 7.50. The fraction of sp³-hybridized carbons (Fsp3) is 0.273. The van der Waals surface area contributed by atoms with Crippen molar-refractivity contribution in [1.82, 2.24) is 0 Å². The molecule has 0 saturated heterocycles. The molecule has 0 saturated carbocycles. The van der Waals surface area contributed by atoms with Crippen molar-refractivity contribution in [2.24, 2.45) is 0 Å². The molecular formula is C11H13IN2O2. The molecule has 5 heteroatoms. The van der Waals surface area contributed by atoms with Crippen molar-refractivity contribution in [2.45, 2.75) is 13.8 Å². The van der Waals surface area contributed by atoms with E-state index in [4.69, 9.17) is 0 Å². The van der Waals surface area contributed by atoms with Gasteiger partial charge in [0.05, 0.1) is 8.49 Å². The maximum atomic E-state index is 10.6. The van der Waals surface area contributed by atoms with E-state index in [0.29, 0.717) is 3.57 Å². The molecule has 0 atom stereocenters. The van der Waals surface area contributed by atoms with Crippen LogP contribution in [0.1, 0.15) is 13.8 Å². The highest BCUT2D eigenvalue weighted by Gasteiger charge is 2.10. The first-order valence-electron chi connectivity index (χ1n) is 4.82. The summed E-state index contributed by atoms with van der Waals surface area (Å²) >= 11 is 1.97. The van der Waals surface area contributed by atoms with E-state index in [2.05, 4.69) is 11.4 Å². The highest BCUT2D eigenvalue weighted by Crippen LogP contribution is 2.23. The van der Waals surface area contributed by atoms with Crippen molar-refractivity contribution in [3.05, 3.63) is 43.5 Å². The Morgan fingerprint density at radius 2 is 2.25 bits per heavy atom. The summed E-state index contributed by atoms with van der Waals surface area (Å²) < 4.78 is 0.643. The predicted octanol–water partition coefficient (Wildman–Crippen LogP) is 3.58. The minimum Gasteiger partial charge on any atom is -0.382 e. The third-order valence-electron chi connectivity index (χ3n) is 1.96. The summed E-state index contributed by atoms with van der Waals surface area (Å²) in [5.74, 6) is 0. The first kappa shape index (κ1) is 13.0. The van der Waals surface area contributed by atoms with Gasteiger partial charge in [-0.2, -0.15) is 0 Å². The van der Waals surface area contributed by atoms with Crippen LogP contribution < -0.4 is 5.32 Å². The second-order valence-electron chi connectivity index (χ2n) is 3.59. The van der Waals surface area contributed by atoms with E-state index >= 15 is 0 Å². The molecule has 0 spiro atoms. The molecule has 0 aliphatic rings. The molecule has 0 aliphatic heterocycles. The van der Waals surface area contributed by atoms with E-state index in [1.54, 1.807) is 12.1 Å². The van der Waals surface area contributed by atoms with Crippen LogP contribution in [0.3, 0.4) is 0 Å². The summed E-state index contributed by atoms with van der Waals surface area (Å²) in [6.07, 6.45) is 2.06. The summed E-state index contributed by atoms with van der Waals surface area (Å²) in [6.45, 7) is 4.79. The molecule has 4 nitrogen and oxygen atoms in total. The maximum absolute atomic E-state index is 10.6. The molecule has 1 N–H and O–H groups in total. The molecule has 1 aromatic rings. The Labute approximate surface area is 108 Å². The lowest BCUT2D eigenvalue weighted by Gasteiger charge is -2.04. The van der Waals surface area contributed by atoms with Crippen LogP contribution in [0.25, 0.3) is 0 Å². The van der Waals surface area contributed by atoms with Crippen molar-refractivity contribution in [3.8, 4) is 0 Å². The van der Waals surface area contributed by atoms with Gasteiger partial charge in [-0.1, -0.05) is 11.6 Å². The van der Waals surface area contributed by atoms with Gasteiger partial charge in [0.2, 0.25) is 0 Å². The monoisotopic (exact) mass is 332 g/mol. The van der Waals surface area contributed by atoms with Crippen LogP contribution in [0.2, 0.25) is 0 Å². The van der Waals surface area contributed by atoms with Crippen LogP contribution in [0.5, 0.6) is 0 Å². The van der Waals surface area contributed by atoms with Gasteiger partial charge in [0.25, 0.3) is 5.69 Å². The molecule has 0 aliphatic carbocycles. The van der Waals surface area contributed by atoms with E-state index in [0.717, 1.165) is 12.2 Å². The van der Waals surface area contributed by atoms with E-state index in [-0.39, 0.29) is 10.6 Å². The number of allylic oxidation sites excluding steroid dienone is 1. The van der Waals surface area contributed by atoms with E-state index in [1.165, 1.54) is 11.6 Å². The highest BCUT2D eigenvalue weighted by atomic mass is 127. The molecule has 0 amide bonds. The average Bonchev–Trinajstić information content (AvgIpc) is 2.16. The molecule has 0 heterocycles. The van der Waals surface area contributed by atoms with Crippen molar-refractivity contribution >= 4 is 34.0 Å². The van der Waals surface area contributed by atoms with Gasteiger partial charge in [-0.05, 0) is 48.6 Å². The third kappa shape index (κ3) is 3.80. The van der Waals surface area contributed by atoms with Crippen LogP contribution >= 0.6 is 22.6 Å². The standard InChI is InChI=1S/C11H13IN2O2/c1-8(2)5-6-13-9-3-4-11(14(15)16)10(12)7-9/h3-5,7,13H,6H2,1-2H3. The summed E-state index contributed by atoms with van der Waals surface area (Å²) in [5, 5.41) is 13.8. The molecule has 0 aromatic heterocycles. The Bertz CT molecular complexity index is 426. The Morgan fingerprint density at radius 3 is 2.75 bits per heavy atom. The zero-order chi connectivity index (χ0) is 12.1. The normalized spacial score (nSPS) is 9.69. The van der Waals surface area contributed by atoms with E-state index in [9.17, 15) is 10.1 Å². The number of nitrogens with one attached hydrogen (secondary N) is 1. The predicted molar refractivity (Wildman–Crippen MR) is 73.7 cm³/mol. The van der Waals surface area contributed by atoms with E-state index in [1.807, 2.05) is 36.4 Å². The quantitative estimate of drug-likeness (QED) is 0.397. The Balaban J connectivity index is 2.74. The summed E-state index contributed by atoms with van der Waals surface area (Å²) in [7, 11) is 0. The molecule has 0 fully saturated rings. The summed E-state index contributed by atoms with van der Waals surface area (Å²) in [4.78, 5) is 10.2. The van der Waals surface area contributed by atoms with Crippen molar-refractivity contribution < 1.29 is 4.92 Å². The molecule has 16 heavy (non-hydrogen) atoms. The fourth-order valence-corrected chi connectivity index (χ4v) is 1.85. The minimum atomic E-state index is -0.373. The molecule has 1 rings (SSSR count). The summed E-state index contributed by atoms with van der Waals surface area (Å²) in [5.41, 5.74) is 2.28. The molecular weight excluding hydrogens is 319 g/mol.